The van der Waals surface area contributed by atoms with E-state index >= 15 is 0 Å². The monoisotopic (exact) mass is 613 g/mol. The molecule has 0 spiro atoms. The van der Waals surface area contributed by atoms with E-state index in [0.29, 0.717) is 0 Å². The van der Waals surface area contributed by atoms with Crippen LogP contribution in [0.2, 0.25) is 0 Å². The van der Waals surface area contributed by atoms with Crippen LogP contribution in [0, 0.1) is 0 Å². The maximum absolute atomic E-state index is 5.72. The Bertz CT molecular complexity index is 971. The van der Waals surface area contributed by atoms with Gasteiger partial charge in [0.1, 0.15) is 17.2 Å². The molecule has 3 aromatic carbocycles. The summed E-state index contributed by atoms with van der Waals surface area (Å²) < 4.78 is 20.1. The number of hydrogen-bond acceptors (Lipinski definition) is 4. The second kappa shape index (κ2) is 11.9. The number of hydrogen-bond donors (Lipinski definition) is 1. The second-order valence-electron chi connectivity index (χ2n) is 6.90. The molecule has 3 rings (SSSR count). The van der Waals surface area contributed by atoms with Crippen molar-refractivity contribution >= 4 is 47.8 Å². The molecule has 0 unspecified atom stereocenters. The predicted octanol–water partition coefficient (Wildman–Crippen LogP) is 7.73. The summed E-state index contributed by atoms with van der Waals surface area (Å²) in [6.45, 7) is 0. The fourth-order valence-electron chi connectivity index (χ4n) is 3.66. The van der Waals surface area contributed by atoms with E-state index in [-0.39, 0.29) is 12.1 Å². The maximum atomic E-state index is 5.72. The molecular formula is C24H26Br3NO3. The van der Waals surface area contributed by atoms with Crippen molar-refractivity contribution in [1.82, 2.24) is 6.15 Å². The summed E-state index contributed by atoms with van der Waals surface area (Å²) in [7, 11) is 5.13. The highest BCUT2D eigenvalue weighted by Crippen LogP contribution is 2.38. The van der Waals surface area contributed by atoms with Crippen LogP contribution >= 0.6 is 47.8 Å². The molecular weight excluding hydrogens is 590 g/mol. The van der Waals surface area contributed by atoms with Crippen LogP contribution < -0.4 is 20.4 Å². The van der Waals surface area contributed by atoms with Gasteiger partial charge in [-0.15, -0.1) is 0 Å². The lowest BCUT2D eigenvalue weighted by atomic mass is 9.85. The summed E-state index contributed by atoms with van der Waals surface area (Å²) in [6.07, 6.45) is 1.57. The zero-order valence-corrected chi connectivity index (χ0v) is 22.5. The SMILES string of the molecule is COc1ccc(Br)cc1CC(Cc1cc(Br)ccc1OC)c1cc(Br)ccc1OC.N. The van der Waals surface area contributed by atoms with Gasteiger partial charge in [0.15, 0.2) is 0 Å². The minimum absolute atomic E-state index is 0. The molecule has 166 valence electrons. The van der Waals surface area contributed by atoms with Crippen LogP contribution in [-0.4, -0.2) is 21.3 Å². The third-order valence-electron chi connectivity index (χ3n) is 5.05. The Balaban J connectivity index is 0.00000341. The number of rotatable bonds is 8. The first kappa shape index (κ1) is 25.7. The zero-order valence-electron chi connectivity index (χ0n) is 17.8. The molecule has 0 atom stereocenters. The van der Waals surface area contributed by atoms with E-state index < -0.39 is 0 Å². The van der Waals surface area contributed by atoms with Gasteiger partial charge in [-0.3, -0.25) is 0 Å². The minimum Gasteiger partial charge on any atom is -0.496 e. The fourth-order valence-corrected chi connectivity index (χ4v) is 4.86. The highest BCUT2D eigenvalue weighted by atomic mass is 79.9. The van der Waals surface area contributed by atoms with Crippen molar-refractivity contribution in [2.75, 3.05) is 21.3 Å². The average Bonchev–Trinajstić information content (AvgIpc) is 2.73. The number of halogens is 3. The van der Waals surface area contributed by atoms with Crippen molar-refractivity contribution in [1.29, 1.82) is 0 Å². The molecule has 0 saturated heterocycles. The van der Waals surface area contributed by atoms with Crippen LogP contribution in [0.15, 0.2) is 68.0 Å². The van der Waals surface area contributed by atoms with E-state index in [4.69, 9.17) is 14.2 Å². The number of methoxy groups -OCH3 is 3. The van der Waals surface area contributed by atoms with Crippen molar-refractivity contribution < 1.29 is 14.2 Å². The van der Waals surface area contributed by atoms with Gasteiger partial charge in [-0.25, -0.2) is 0 Å². The lowest BCUT2D eigenvalue weighted by Crippen LogP contribution is -2.10. The molecule has 0 bridgehead atoms. The van der Waals surface area contributed by atoms with Crippen molar-refractivity contribution in [2.24, 2.45) is 0 Å². The summed E-state index contributed by atoms with van der Waals surface area (Å²) in [5, 5.41) is 0. The first-order valence-electron chi connectivity index (χ1n) is 9.43. The molecule has 0 aliphatic rings. The van der Waals surface area contributed by atoms with Gasteiger partial charge in [0.2, 0.25) is 0 Å². The molecule has 0 aliphatic heterocycles. The van der Waals surface area contributed by atoms with Crippen LogP contribution in [0.25, 0.3) is 0 Å². The van der Waals surface area contributed by atoms with Crippen LogP contribution in [0.3, 0.4) is 0 Å². The lowest BCUT2D eigenvalue weighted by molar-refractivity contribution is 0.395. The van der Waals surface area contributed by atoms with Gasteiger partial charge in [-0.05, 0) is 90.0 Å². The summed E-state index contributed by atoms with van der Waals surface area (Å²) in [5.74, 6) is 2.76. The van der Waals surface area contributed by atoms with E-state index in [1.54, 1.807) is 21.3 Å². The van der Waals surface area contributed by atoms with Crippen molar-refractivity contribution in [3.05, 3.63) is 84.7 Å². The molecule has 7 heteroatoms. The molecule has 0 fully saturated rings. The van der Waals surface area contributed by atoms with Gasteiger partial charge >= 0.3 is 0 Å². The summed E-state index contributed by atoms with van der Waals surface area (Å²) in [4.78, 5) is 0. The predicted molar refractivity (Wildman–Crippen MR) is 137 cm³/mol. The molecule has 0 aliphatic carbocycles. The standard InChI is InChI=1S/C24H23Br3O3.H3N/c1-28-22-7-4-18(25)12-16(22)10-15(21-14-20(27)6-9-24(21)30-3)11-17-13-19(26)5-8-23(17)29-2;/h4-9,12-15H,10-11H2,1-3H3;1H3. The quantitative estimate of drug-likeness (QED) is 0.282. The molecule has 0 amide bonds. The van der Waals surface area contributed by atoms with E-state index in [2.05, 4.69) is 66.0 Å². The first-order chi connectivity index (χ1) is 14.4. The largest absolute Gasteiger partial charge is 0.496 e. The Hall–Kier alpha value is -1.54. The van der Waals surface area contributed by atoms with Crippen LogP contribution in [-0.2, 0) is 12.8 Å². The Morgan fingerprint density at radius 2 is 1.00 bits per heavy atom. The molecule has 3 aromatic rings. The normalized spacial score (nSPS) is 10.5. The highest BCUT2D eigenvalue weighted by Gasteiger charge is 2.22. The van der Waals surface area contributed by atoms with Gasteiger partial charge in [-0.1, -0.05) is 47.8 Å². The lowest BCUT2D eigenvalue weighted by Gasteiger charge is -2.23. The average molecular weight is 616 g/mol. The van der Waals surface area contributed by atoms with Crippen LogP contribution in [0.1, 0.15) is 22.6 Å². The maximum Gasteiger partial charge on any atom is 0.122 e. The van der Waals surface area contributed by atoms with Crippen molar-refractivity contribution in [3.63, 3.8) is 0 Å². The van der Waals surface area contributed by atoms with E-state index in [1.165, 1.54) is 0 Å². The fraction of sp³-hybridized carbons (Fsp3) is 0.250. The van der Waals surface area contributed by atoms with Gasteiger partial charge in [0, 0.05) is 13.4 Å². The summed E-state index contributed by atoms with van der Waals surface area (Å²) in [6, 6.07) is 18.4. The van der Waals surface area contributed by atoms with Crippen molar-refractivity contribution in [3.8, 4) is 17.2 Å². The highest BCUT2D eigenvalue weighted by molar-refractivity contribution is 9.11. The van der Waals surface area contributed by atoms with E-state index in [9.17, 15) is 0 Å². The molecule has 0 saturated carbocycles. The van der Waals surface area contributed by atoms with Gasteiger partial charge in [0.05, 0.1) is 21.3 Å². The Kier molecular flexibility index (Phi) is 9.88. The topological polar surface area (TPSA) is 62.7 Å². The Morgan fingerprint density at radius 3 is 1.42 bits per heavy atom. The third-order valence-corrected chi connectivity index (χ3v) is 6.53. The van der Waals surface area contributed by atoms with E-state index in [0.717, 1.165) is 60.2 Å². The van der Waals surface area contributed by atoms with Crippen molar-refractivity contribution in [2.45, 2.75) is 18.8 Å². The van der Waals surface area contributed by atoms with Crippen LogP contribution in [0.4, 0.5) is 0 Å². The minimum atomic E-state index is 0. The van der Waals surface area contributed by atoms with E-state index in [1.807, 2.05) is 36.4 Å². The van der Waals surface area contributed by atoms with Gasteiger partial charge in [-0.2, -0.15) is 0 Å². The van der Waals surface area contributed by atoms with Gasteiger partial charge in [0.25, 0.3) is 0 Å². The van der Waals surface area contributed by atoms with Gasteiger partial charge < -0.3 is 20.4 Å². The zero-order chi connectivity index (χ0) is 21.7. The second-order valence-corrected chi connectivity index (χ2v) is 9.65. The molecule has 3 N–H and O–H groups in total. The number of ether oxygens (including phenoxy) is 3. The first-order valence-corrected chi connectivity index (χ1v) is 11.8. The molecule has 0 heterocycles. The summed E-state index contributed by atoms with van der Waals surface area (Å²) >= 11 is 10.8. The third kappa shape index (κ3) is 6.48. The molecule has 31 heavy (non-hydrogen) atoms. The number of benzene rings is 3. The Labute approximate surface area is 209 Å². The molecule has 0 radical (unpaired) electrons. The smallest absolute Gasteiger partial charge is 0.122 e. The Morgan fingerprint density at radius 1 is 0.613 bits per heavy atom. The molecule has 4 nitrogen and oxygen atoms in total. The molecule has 0 aromatic heterocycles. The summed E-state index contributed by atoms with van der Waals surface area (Å²) in [5.41, 5.74) is 3.40. The van der Waals surface area contributed by atoms with Crippen LogP contribution in [0.5, 0.6) is 17.2 Å².